The molecule has 8 heteroatoms. The molecule has 0 aliphatic carbocycles. The lowest BCUT2D eigenvalue weighted by molar-refractivity contribution is -0.0239. The predicted molar refractivity (Wildman–Crippen MR) is 86.6 cm³/mol. The second kappa shape index (κ2) is 6.59. The van der Waals surface area contributed by atoms with Crippen molar-refractivity contribution in [2.45, 2.75) is 25.3 Å². The molecule has 1 aliphatic heterocycles. The number of hydrogen-bond donors (Lipinski definition) is 1. The molecule has 4 nitrogen and oxygen atoms in total. The normalized spacial score (nSPS) is 20.0. The summed E-state index contributed by atoms with van der Waals surface area (Å²) in [6.45, 7) is 2.00. The fraction of sp³-hybridized carbons (Fsp3) is 0.412. The Balaban J connectivity index is 1.76. The Bertz CT molecular complexity index is 781. The Kier molecular flexibility index (Phi) is 4.64. The maximum absolute atomic E-state index is 13.9. The monoisotopic (exact) mass is 354 g/mol. The van der Waals surface area contributed by atoms with Gasteiger partial charge in [0.25, 0.3) is 5.92 Å². The Hall–Kier alpha value is -2.22. The number of nitrogens with one attached hydrogen (secondary N) is 1. The van der Waals surface area contributed by atoms with Crippen molar-refractivity contribution in [3.8, 4) is 11.1 Å². The zero-order valence-electron chi connectivity index (χ0n) is 13.9. The minimum Gasteiger partial charge on any atom is -0.352 e. The van der Waals surface area contributed by atoms with Gasteiger partial charge in [-0.2, -0.15) is 0 Å². The summed E-state index contributed by atoms with van der Waals surface area (Å²) in [6, 6.07) is 2.34. The van der Waals surface area contributed by atoms with Crippen LogP contribution >= 0.6 is 0 Å². The Morgan fingerprint density at radius 2 is 2.04 bits per heavy atom. The molecule has 1 atom stereocenters. The fourth-order valence-corrected chi connectivity index (χ4v) is 2.99. The number of nitrogens with zero attached hydrogens (tertiary/aromatic N) is 3. The van der Waals surface area contributed by atoms with Crippen LogP contribution in [0.4, 0.5) is 23.5 Å². The van der Waals surface area contributed by atoms with E-state index in [4.69, 9.17) is 0 Å². The molecule has 0 bridgehead atoms. The number of alkyl halides is 2. The van der Waals surface area contributed by atoms with Gasteiger partial charge in [0.05, 0.1) is 11.7 Å². The van der Waals surface area contributed by atoms with Gasteiger partial charge in [0, 0.05) is 42.9 Å². The molecule has 0 amide bonds. The summed E-state index contributed by atoms with van der Waals surface area (Å²) in [5.74, 6) is -3.94. The lowest BCUT2D eigenvalue weighted by atomic mass is 10.1. The van der Waals surface area contributed by atoms with Crippen LogP contribution in [0.1, 0.15) is 12.1 Å². The van der Waals surface area contributed by atoms with Gasteiger partial charge in [0.15, 0.2) is 0 Å². The summed E-state index contributed by atoms with van der Waals surface area (Å²) in [4.78, 5) is 9.87. The van der Waals surface area contributed by atoms with Gasteiger partial charge in [-0.3, -0.25) is 4.90 Å². The van der Waals surface area contributed by atoms with Gasteiger partial charge in [0.2, 0.25) is 5.95 Å². The third-order valence-electron chi connectivity index (χ3n) is 4.47. The third kappa shape index (κ3) is 3.58. The van der Waals surface area contributed by atoms with Crippen LogP contribution in [0.15, 0.2) is 24.4 Å². The number of halogens is 4. The quantitative estimate of drug-likeness (QED) is 0.854. The van der Waals surface area contributed by atoms with Crippen molar-refractivity contribution in [3.63, 3.8) is 0 Å². The van der Waals surface area contributed by atoms with Crippen molar-refractivity contribution in [1.82, 2.24) is 14.9 Å². The molecule has 0 saturated carbocycles. The molecule has 1 aromatic carbocycles. The first kappa shape index (κ1) is 17.6. The molecule has 0 radical (unpaired) electrons. The zero-order chi connectivity index (χ0) is 18.2. The van der Waals surface area contributed by atoms with E-state index < -0.39 is 23.6 Å². The molecule has 1 saturated heterocycles. The average Bonchev–Trinajstić information content (AvgIpc) is 2.79. The molecule has 1 fully saturated rings. The maximum atomic E-state index is 13.9. The fourth-order valence-electron chi connectivity index (χ4n) is 2.99. The summed E-state index contributed by atoms with van der Waals surface area (Å²) in [5, 5.41) is 2.82. The summed E-state index contributed by atoms with van der Waals surface area (Å²) in [7, 11) is 1.65. The van der Waals surface area contributed by atoms with E-state index in [0.717, 1.165) is 12.1 Å². The number of likely N-dealkylation sites (tertiary alicyclic amines) is 1. The lowest BCUT2D eigenvalue weighted by Crippen LogP contribution is -2.42. The summed E-state index contributed by atoms with van der Waals surface area (Å²) < 4.78 is 54.5. The molecule has 2 aromatic rings. The number of hydrogen-bond acceptors (Lipinski definition) is 4. The van der Waals surface area contributed by atoms with Crippen LogP contribution in [0.3, 0.4) is 0 Å². The minimum absolute atomic E-state index is 0.00714. The van der Waals surface area contributed by atoms with E-state index in [1.54, 1.807) is 18.9 Å². The van der Waals surface area contributed by atoms with Crippen LogP contribution in [-0.4, -0.2) is 47.0 Å². The van der Waals surface area contributed by atoms with Crippen LogP contribution in [0.5, 0.6) is 0 Å². The molecule has 25 heavy (non-hydrogen) atoms. The third-order valence-corrected chi connectivity index (χ3v) is 4.47. The van der Waals surface area contributed by atoms with Crippen LogP contribution in [0.25, 0.3) is 11.1 Å². The van der Waals surface area contributed by atoms with Crippen molar-refractivity contribution in [2.75, 3.05) is 25.5 Å². The summed E-state index contributed by atoms with van der Waals surface area (Å²) in [6.07, 6.45) is 1.23. The van der Waals surface area contributed by atoms with Gasteiger partial charge in [-0.15, -0.1) is 0 Å². The largest absolute Gasteiger partial charge is 0.352 e. The smallest absolute Gasteiger partial charge is 0.266 e. The Labute approximate surface area is 142 Å². The average molecular weight is 354 g/mol. The van der Waals surface area contributed by atoms with Gasteiger partial charge in [-0.1, -0.05) is 0 Å². The molecular formula is C17H18F4N4. The number of aromatic nitrogens is 2. The minimum atomic E-state index is -2.76. The number of anilines is 1. The Morgan fingerprint density at radius 1 is 1.28 bits per heavy atom. The van der Waals surface area contributed by atoms with Crippen molar-refractivity contribution >= 4 is 5.95 Å². The van der Waals surface area contributed by atoms with Gasteiger partial charge < -0.3 is 5.32 Å². The van der Waals surface area contributed by atoms with Crippen LogP contribution in [0, 0.1) is 18.6 Å². The second-order valence-electron chi connectivity index (χ2n) is 6.21. The summed E-state index contributed by atoms with van der Waals surface area (Å²) in [5.41, 5.74) is 1.08. The highest BCUT2D eigenvalue weighted by Crippen LogP contribution is 2.33. The predicted octanol–water partition coefficient (Wildman–Crippen LogP) is 3.48. The first-order chi connectivity index (χ1) is 11.8. The van der Waals surface area contributed by atoms with Crippen molar-refractivity contribution < 1.29 is 17.6 Å². The molecule has 134 valence electrons. The van der Waals surface area contributed by atoms with Crippen molar-refractivity contribution in [3.05, 3.63) is 41.7 Å². The van der Waals surface area contributed by atoms with Crippen LogP contribution in [0.2, 0.25) is 0 Å². The van der Waals surface area contributed by atoms with Gasteiger partial charge in [-0.25, -0.2) is 27.5 Å². The molecule has 1 aromatic heterocycles. The van der Waals surface area contributed by atoms with Crippen LogP contribution < -0.4 is 5.32 Å². The molecule has 1 unspecified atom stereocenters. The first-order valence-electron chi connectivity index (χ1n) is 7.89. The topological polar surface area (TPSA) is 41.1 Å². The Morgan fingerprint density at radius 3 is 2.64 bits per heavy atom. The van der Waals surface area contributed by atoms with Crippen LogP contribution in [-0.2, 0) is 0 Å². The van der Waals surface area contributed by atoms with E-state index in [1.807, 2.05) is 0 Å². The second-order valence-corrected chi connectivity index (χ2v) is 6.21. The highest BCUT2D eigenvalue weighted by molar-refractivity contribution is 5.66. The molecule has 0 spiro atoms. The van der Waals surface area contributed by atoms with Gasteiger partial charge in [-0.05, 0) is 26.1 Å². The van der Waals surface area contributed by atoms with E-state index in [0.29, 0.717) is 17.8 Å². The first-order valence-corrected chi connectivity index (χ1v) is 7.89. The number of aryl methyl sites for hydroxylation is 1. The van der Waals surface area contributed by atoms with Gasteiger partial charge >= 0.3 is 0 Å². The number of likely N-dealkylation sites (N-methyl/N-ethyl adjacent to an activating group) is 1. The van der Waals surface area contributed by atoms with E-state index in [-0.39, 0.29) is 24.5 Å². The lowest BCUT2D eigenvalue weighted by Gasteiger charge is -2.24. The molecule has 3 rings (SSSR count). The molecule has 2 heterocycles. The van der Waals surface area contributed by atoms with Crippen molar-refractivity contribution in [1.29, 1.82) is 0 Å². The molecular weight excluding hydrogens is 336 g/mol. The highest BCUT2D eigenvalue weighted by atomic mass is 19.3. The SMILES string of the molecule is Cc1nc(NCC2N(C)CCC2(F)F)ncc1-c1ccc(F)cc1F. The summed E-state index contributed by atoms with van der Waals surface area (Å²) >= 11 is 0. The van der Waals surface area contributed by atoms with E-state index in [1.165, 1.54) is 12.3 Å². The molecule has 1 N–H and O–H groups in total. The van der Waals surface area contributed by atoms with E-state index in [9.17, 15) is 17.6 Å². The highest BCUT2D eigenvalue weighted by Gasteiger charge is 2.47. The van der Waals surface area contributed by atoms with E-state index in [2.05, 4.69) is 15.3 Å². The zero-order valence-corrected chi connectivity index (χ0v) is 13.9. The van der Waals surface area contributed by atoms with Gasteiger partial charge in [0.1, 0.15) is 11.6 Å². The number of benzene rings is 1. The molecule has 1 aliphatic rings. The standard InChI is InChI=1S/C17H18F4N4/c1-10-13(12-4-3-11(18)7-14(12)19)8-22-16(24-10)23-9-15-17(20,21)5-6-25(15)2/h3-4,7-8,15H,5-6,9H2,1-2H3,(H,22,23,24). The number of rotatable bonds is 4. The van der Waals surface area contributed by atoms with E-state index >= 15 is 0 Å². The van der Waals surface area contributed by atoms with Crippen molar-refractivity contribution in [2.24, 2.45) is 0 Å². The maximum Gasteiger partial charge on any atom is 0.266 e.